The van der Waals surface area contributed by atoms with Gasteiger partial charge in [0.15, 0.2) is 5.65 Å². The molecular formula is C14H11ClN2O2S. The summed E-state index contributed by atoms with van der Waals surface area (Å²) in [4.78, 5) is 4.10. The molecule has 0 aliphatic heterocycles. The molecule has 0 radical (unpaired) electrons. The van der Waals surface area contributed by atoms with E-state index in [9.17, 15) is 8.42 Å². The Morgan fingerprint density at radius 3 is 2.65 bits per heavy atom. The SMILES string of the molecule is O=S(=O)(Cc1ccccc1)n1ccc2cc(Cl)cnc21. The summed E-state index contributed by atoms with van der Waals surface area (Å²) in [6.45, 7) is 0. The number of benzene rings is 1. The van der Waals surface area contributed by atoms with Crippen LogP contribution < -0.4 is 0 Å². The molecule has 1 aromatic carbocycles. The standard InChI is InChI=1S/C14H11ClN2O2S/c15-13-8-12-6-7-17(14(12)16-9-13)20(18,19)10-11-4-2-1-3-5-11/h1-9H,10H2. The van der Waals surface area contributed by atoms with E-state index in [2.05, 4.69) is 4.98 Å². The molecule has 3 aromatic rings. The Morgan fingerprint density at radius 2 is 1.90 bits per heavy atom. The van der Waals surface area contributed by atoms with Crippen molar-refractivity contribution in [3.8, 4) is 0 Å². The first-order chi connectivity index (χ1) is 9.56. The lowest BCUT2D eigenvalue weighted by atomic mass is 10.2. The van der Waals surface area contributed by atoms with Crippen LogP contribution in [0.5, 0.6) is 0 Å². The number of halogens is 1. The largest absolute Gasteiger partial charge is 0.244 e. The van der Waals surface area contributed by atoms with Crippen LogP contribution in [0.3, 0.4) is 0 Å². The smallest absolute Gasteiger partial charge is 0.236 e. The summed E-state index contributed by atoms with van der Waals surface area (Å²) in [5, 5.41) is 1.19. The van der Waals surface area contributed by atoms with Crippen LogP contribution in [0.4, 0.5) is 0 Å². The summed E-state index contributed by atoms with van der Waals surface area (Å²) in [6, 6.07) is 12.4. The maximum absolute atomic E-state index is 12.5. The van der Waals surface area contributed by atoms with Gasteiger partial charge in [0.2, 0.25) is 10.0 Å². The van der Waals surface area contributed by atoms with E-state index in [1.807, 2.05) is 18.2 Å². The van der Waals surface area contributed by atoms with Gasteiger partial charge in [-0.05, 0) is 17.7 Å². The number of pyridine rings is 1. The Morgan fingerprint density at radius 1 is 1.15 bits per heavy atom. The molecule has 2 aromatic heterocycles. The first-order valence-electron chi connectivity index (χ1n) is 5.96. The fourth-order valence-electron chi connectivity index (χ4n) is 2.05. The van der Waals surface area contributed by atoms with Crippen LogP contribution >= 0.6 is 11.6 Å². The Labute approximate surface area is 121 Å². The van der Waals surface area contributed by atoms with E-state index in [1.165, 1.54) is 16.4 Å². The molecule has 3 rings (SSSR count). The van der Waals surface area contributed by atoms with Gasteiger partial charge in [-0.2, -0.15) is 0 Å². The lowest BCUT2D eigenvalue weighted by Gasteiger charge is -2.07. The van der Waals surface area contributed by atoms with Crippen LogP contribution in [0.1, 0.15) is 5.56 Å². The van der Waals surface area contributed by atoms with Crippen molar-refractivity contribution < 1.29 is 8.42 Å². The van der Waals surface area contributed by atoms with Crippen molar-refractivity contribution in [2.24, 2.45) is 0 Å². The first kappa shape index (κ1) is 13.1. The fraction of sp³-hybridized carbons (Fsp3) is 0.0714. The van der Waals surface area contributed by atoms with Crippen LogP contribution in [0.2, 0.25) is 5.02 Å². The molecule has 0 aliphatic carbocycles. The van der Waals surface area contributed by atoms with Crippen molar-refractivity contribution in [3.63, 3.8) is 0 Å². The Balaban J connectivity index is 2.06. The van der Waals surface area contributed by atoms with Gasteiger partial charge in [-0.25, -0.2) is 17.4 Å². The number of fused-ring (bicyclic) bond motifs is 1. The van der Waals surface area contributed by atoms with E-state index in [0.717, 1.165) is 5.56 Å². The maximum Gasteiger partial charge on any atom is 0.244 e. The minimum absolute atomic E-state index is 0.0675. The molecule has 20 heavy (non-hydrogen) atoms. The predicted molar refractivity (Wildman–Crippen MR) is 79.2 cm³/mol. The summed E-state index contributed by atoms with van der Waals surface area (Å²) in [6.07, 6.45) is 2.95. The average Bonchev–Trinajstić information content (AvgIpc) is 2.83. The zero-order chi connectivity index (χ0) is 14.2. The molecule has 0 fully saturated rings. The zero-order valence-corrected chi connectivity index (χ0v) is 12.0. The van der Waals surface area contributed by atoms with E-state index in [1.54, 1.807) is 24.3 Å². The van der Waals surface area contributed by atoms with Gasteiger partial charge in [0.05, 0.1) is 10.8 Å². The van der Waals surface area contributed by atoms with Crippen LogP contribution in [0.15, 0.2) is 54.9 Å². The van der Waals surface area contributed by atoms with Gasteiger partial charge in [-0.15, -0.1) is 0 Å². The molecule has 0 spiro atoms. The van der Waals surface area contributed by atoms with Crippen LogP contribution in [0.25, 0.3) is 11.0 Å². The average molecular weight is 307 g/mol. The number of nitrogens with zero attached hydrogens (tertiary/aromatic N) is 2. The summed E-state index contributed by atoms with van der Waals surface area (Å²) in [7, 11) is -3.50. The molecule has 102 valence electrons. The molecule has 0 bridgehead atoms. The molecule has 0 saturated carbocycles. The summed E-state index contributed by atoms with van der Waals surface area (Å²) < 4.78 is 26.1. The van der Waals surface area contributed by atoms with Crippen molar-refractivity contribution in [2.45, 2.75) is 5.75 Å². The van der Waals surface area contributed by atoms with Gasteiger partial charge in [-0.1, -0.05) is 41.9 Å². The van der Waals surface area contributed by atoms with Gasteiger partial charge in [0.25, 0.3) is 0 Å². The summed E-state index contributed by atoms with van der Waals surface area (Å²) in [5.41, 5.74) is 1.13. The number of rotatable bonds is 3. The van der Waals surface area contributed by atoms with Crippen LogP contribution in [0, 0.1) is 0 Å². The highest BCUT2D eigenvalue weighted by Gasteiger charge is 2.17. The summed E-state index contributed by atoms with van der Waals surface area (Å²) in [5.74, 6) is -0.0675. The molecular weight excluding hydrogens is 296 g/mol. The molecule has 0 saturated heterocycles. The molecule has 0 unspecified atom stereocenters. The fourth-order valence-corrected chi connectivity index (χ4v) is 3.63. The number of aromatic nitrogens is 2. The third kappa shape index (κ3) is 2.42. The molecule has 0 N–H and O–H groups in total. The normalized spacial score (nSPS) is 11.8. The molecule has 0 amide bonds. The highest BCUT2D eigenvalue weighted by molar-refractivity contribution is 7.89. The minimum Gasteiger partial charge on any atom is -0.236 e. The van der Waals surface area contributed by atoms with Gasteiger partial charge in [0.1, 0.15) is 0 Å². The van der Waals surface area contributed by atoms with Gasteiger partial charge >= 0.3 is 0 Å². The highest BCUT2D eigenvalue weighted by atomic mass is 35.5. The zero-order valence-electron chi connectivity index (χ0n) is 10.4. The van der Waals surface area contributed by atoms with Crippen molar-refractivity contribution in [3.05, 3.63) is 65.4 Å². The van der Waals surface area contributed by atoms with E-state index in [4.69, 9.17) is 11.6 Å². The van der Waals surface area contributed by atoms with Crippen LogP contribution in [-0.2, 0) is 15.8 Å². The second-order valence-corrected chi connectivity index (χ2v) is 6.70. The minimum atomic E-state index is -3.50. The molecule has 6 heteroatoms. The van der Waals surface area contributed by atoms with Gasteiger partial charge in [0, 0.05) is 17.8 Å². The van der Waals surface area contributed by atoms with Crippen molar-refractivity contribution in [1.29, 1.82) is 0 Å². The monoisotopic (exact) mass is 306 g/mol. The predicted octanol–water partition coefficient (Wildman–Crippen LogP) is 3.07. The van der Waals surface area contributed by atoms with E-state index in [0.29, 0.717) is 16.1 Å². The highest BCUT2D eigenvalue weighted by Crippen LogP contribution is 2.20. The van der Waals surface area contributed by atoms with Gasteiger partial charge < -0.3 is 0 Å². The summed E-state index contributed by atoms with van der Waals surface area (Å²) >= 11 is 5.85. The lowest BCUT2D eigenvalue weighted by molar-refractivity contribution is 0.588. The number of hydrogen-bond acceptors (Lipinski definition) is 3. The second-order valence-electron chi connectivity index (χ2n) is 4.42. The van der Waals surface area contributed by atoms with E-state index >= 15 is 0 Å². The molecule has 4 nitrogen and oxygen atoms in total. The molecule has 0 aliphatic rings. The Hall–Kier alpha value is -1.85. The molecule has 0 atom stereocenters. The number of hydrogen-bond donors (Lipinski definition) is 0. The van der Waals surface area contributed by atoms with Crippen molar-refractivity contribution in [1.82, 2.24) is 8.96 Å². The van der Waals surface area contributed by atoms with Crippen molar-refractivity contribution in [2.75, 3.05) is 0 Å². The first-order valence-corrected chi connectivity index (χ1v) is 7.95. The second kappa shape index (κ2) is 4.92. The van der Waals surface area contributed by atoms with Crippen LogP contribution in [-0.4, -0.2) is 17.4 Å². The van der Waals surface area contributed by atoms with E-state index in [-0.39, 0.29) is 5.75 Å². The Bertz CT molecular complexity index is 857. The molecule has 2 heterocycles. The third-order valence-electron chi connectivity index (χ3n) is 2.95. The quantitative estimate of drug-likeness (QED) is 0.747. The van der Waals surface area contributed by atoms with Crippen molar-refractivity contribution >= 4 is 32.7 Å². The maximum atomic E-state index is 12.5. The third-order valence-corrected chi connectivity index (χ3v) is 4.75. The van der Waals surface area contributed by atoms with Gasteiger partial charge in [-0.3, -0.25) is 0 Å². The topological polar surface area (TPSA) is 52.0 Å². The Kier molecular flexibility index (Phi) is 3.23. The lowest BCUT2D eigenvalue weighted by Crippen LogP contribution is -2.14. The van der Waals surface area contributed by atoms with E-state index < -0.39 is 10.0 Å².